The van der Waals surface area contributed by atoms with Crippen LogP contribution in [0.15, 0.2) is 47.5 Å². The van der Waals surface area contributed by atoms with Gasteiger partial charge < -0.3 is 0 Å². The van der Waals surface area contributed by atoms with E-state index in [1.807, 2.05) is 31.2 Å². The quantitative estimate of drug-likeness (QED) is 0.666. The summed E-state index contributed by atoms with van der Waals surface area (Å²) in [6, 6.07) is 11.8. The molecule has 2 nitrogen and oxygen atoms in total. The first kappa shape index (κ1) is 13.9. The molecule has 0 radical (unpaired) electrons. The molecule has 0 aliphatic rings. The summed E-state index contributed by atoms with van der Waals surface area (Å²) in [5, 5.41) is 0.734. The molecule has 0 N–H and O–H groups in total. The highest BCUT2D eigenvalue weighted by molar-refractivity contribution is 7.98. The van der Waals surface area contributed by atoms with Crippen LogP contribution in [0.2, 0.25) is 0 Å². The van der Waals surface area contributed by atoms with Crippen molar-refractivity contribution in [2.45, 2.75) is 17.7 Å². The average molecular weight is 302 g/mol. The second-order valence-corrected chi connectivity index (χ2v) is 5.57. The first-order chi connectivity index (χ1) is 10.1. The van der Waals surface area contributed by atoms with E-state index in [0.717, 1.165) is 27.8 Å². The van der Waals surface area contributed by atoms with Crippen molar-refractivity contribution in [1.82, 2.24) is 9.97 Å². The van der Waals surface area contributed by atoms with Gasteiger partial charge in [-0.25, -0.2) is 18.7 Å². The molecule has 0 saturated heterocycles. The Labute approximate surface area is 125 Å². The van der Waals surface area contributed by atoms with E-state index in [1.54, 1.807) is 6.07 Å². The van der Waals surface area contributed by atoms with Crippen LogP contribution in [0.4, 0.5) is 8.78 Å². The largest absolute Gasteiger partial charge is 0.249 e. The van der Waals surface area contributed by atoms with Crippen molar-refractivity contribution < 1.29 is 8.78 Å². The first-order valence-corrected chi connectivity index (χ1v) is 7.43. The monoisotopic (exact) mass is 302 g/mol. The van der Waals surface area contributed by atoms with Gasteiger partial charge in [-0.05, 0) is 25.1 Å². The summed E-state index contributed by atoms with van der Waals surface area (Å²) in [7, 11) is 0. The van der Waals surface area contributed by atoms with Gasteiger partial charge in [-0.2, -0.15) is 0 Å². The van der Waals surface area contributed by atoms with Crippen molar-refractivity contribution in [2.24, 2.45) is 0 Å². The summed E-state index contributed by atoms with van der Waals surface area (Å²) in [6.07, 6.45) is 0. The van der Waals surface area contributed by atoms with Crippen LogP contribution in [0.5, 0.6) is 0 Å². The number of rotatable bonds is 3. The van der Waals surface area contributed by atoms with Crippen molar-refractivity contribution in [3.8, 4) is 0 Å². The summed E-state index contributed by atoms with van der Waals surface area (Å²) in [4.78, 5) is 9.00. The molecule has 0 amide bonds. The van der Waals surface area contributed by atoms with Gasteiger partial charge in [0.25, 0.3) is 0 Å². The van der Waals surface area contributed by atoms with Crippen LogP contribution in [0.3, 0.4) is 0 Å². The number of thioether (sulfide) groups is 1. The Hall–Kier alpha value is -2.01. The number of para-hydroxylation sites is 2. The van der Waals surface area contributed by atoms with Crippen LogP contribution in [-0.4, -0.2) is 9.97 Å². The topological polar surface area (TPSA) is 25.8 Å². The number of halogens is 2. The van der Waals surface area contributed by atoms with Crippen LogP contribution in [-0.2, 0) is 5.75 Å². The molecule has 2 aromatic carbocycles. The molecule has 0 fully saturated rings. The summed E-state index contributed by atoms with van der Waals surface area (Å²) in [5.41, 5.74) is 2.74. The van der Waals surface area contributed by atoms with Gasteiger partial charge in [-0.1, -0.05) is 36.0 Å². The maximum absolute atomic E-state index is 13.6. The molecule has 5 heteroatoms. The highest BCUT2D eigenvalue weighted by Crippen LogP contribution is 2.26. The second-order valence-electron chi connectivity index (χ2n) is 4.60. The van der Waals surface area contributed by atoms with Crippen LogP contribution in [0.1, 0.15) is 11.3 Å². The van der Waals surface area contributed by atoms with E-state index in [4.69, 9.17) is 0 Å². The van der Waals surface area contributed by atoms with E-state index < -0.39 is 11.6 Å². The van der Waals surface area contributed by atoms with E-state index in [-0.39, 0.29) is 0 Å². The molecule has 0 spiro atoms. The van der Waals surface area contributed by atoms with Gasteiger partial charge >= 0.3 is 0 Å². The van der Waals surface area contributed by atoms with Crippen molar-refractivity contribution in [1.29, 1.82) is 0 Å². The molecule has 0 unspecified atom stereocenters. The number of aromatic nitrogens is 2. The molecule has 0 saturated carbocycles. The van der Waals surface area contributed by atoms with Gasteiger partial charge in [0, 0.05) is 11.3 Å². The SMILES string of the molecule is Cc1nc2ccccc2nc1SCc1cccc(F)c1F. The molecule has 0 aliphatic carbocycles. The Morgan fingerprint density at radius 2 is 1.67 bits per heavy atom. The first-order valence-electron chi connectivity index (χ1n) is 6.44. The predicted octanol–water partition coefficient (Wildman–Crippen LogP) is 4.51. The second kappa shape index (κ2) is 5.77. The van der Waals surface area contributed by atoms with Crippen molar-refractivity contribution in [2.75, 3.05) is 0 Å². The smallest absolute Gasteiger partial charge is 0.162 e. The lowest BCUT2D eigenvalue weighted by Crippen LogP contribution is -1.95. The van der Waals surface area contributed by atoms with Gasteiger partial charge in [0.15, 0.2) is 11.6 Å². The van der Waals surface area contributed by atoms with Crippen molar-refractivity contribution in [3.05, 3.63) is 65.4 Å². The molecule has 3 rings (SSSR count). The zero-order valence-corrected chi connectivity index (χ0v) is 12.1. The number of nitrogens with zero attached hydrogens (tertiary/aromatic N) is 2. The van der Waals surface area contributed by atoms with Crippen LogP contribution in [0, 0.1) is 18.6 Å². The fourth-order valence-corrected chi connectivity index (χ4v) is 2.95. The van der Waals surface area contributed by atoms with Crippen LogP contribution >= 0.6 is 11.8 Å². The van der Waals surface area contributed by atoms with Gasteiger partial charge in [-0.3, -0.25) is 0 Å². The van der Waals surface area contributed by atoms with Crippen LogP contribution in [0.25, 0.3) is 11.0 Å². The standard InChI is InChI=1S/C16H12F2N2S/c1-10-16(20-14-8-3-2-7-13(14)19-10)21-9-11-5-4-6-12(17)15(11)18/h2-8H,9H2,1H3. The Morgan fingerprint density at radius 3 is 2.43 bits per heavy atom. The molecule has 3 aromatic rings. The summed E-state index contributed by atoms with van der Waals surface area (Å²) in [6.45, 7) is 1.86. The Kier molecular flexibility index (Phi) is 3.84. The normalized spacial score (nSPS) is 11.0. The van der Waals surface area contributed by atoms with E-state index in [0.29, 0.717) is 11.3 Å². The fourth-order valence-electron chi connectivity index (χ4n) is 2.01. The molecule has 0 bridgehead atoms. The third kappa shape index (κ3) is 2.88. The zero-order chi connectivity index (χ0) is 14.8. The van der Waals surface area contributed by atoms with Gasteiger partial charge in [0.2, 0.25) is 0 Å². The highest BCUT2D eigenvalue weighted by Gasteiger charge is 2.10. The van der Waals surface area contributed by atoms with Gasteiger partial charge in [0.1, 0.15) is 5.03 Å². The lowest BCUT2D eigenvalue weighted by atomic mass is 10.2. The summed E-state index contributed by atoms with van der Waals surface area (Å²) < 4.78 is 26.8. The molecular formula is C16H12F2N2S. The average Bonchev–Trinajstić information content (AvgIpc) is 2.49. The minimum Gasteiger partial charge on any atom is -0.249 e. The predicted molar refractivity (Wildman–Crippen MR) is 80.2 cm³/mol. The Morgan fingerprint density at radius 1 is 0.952 bits per heavy atom. The van der Waals surface area contributed by atoms with Crippen LogP contribution < -0.4 is 0 Å². The third-order valence-electron chi connectivity index (χ3n) is 3.10. The molecular weight excluding hydrogens is 290 g/mol. The Bertz CT molecular complexity index is 805. The molecule has 106 valence electrons. The molecule has 0 atom stereocenters. The maximum Gasteiger partial charge on any atom is 0.162 e. The minimum absolute atomic E-state index is 0.317. The van der Waals surface area contributed by atoms with E-state index in [9.17, 15) is 8.78 Å². The number of benzene rings is 2. The van der Waals surface area contributed by atoms with E-state index in [2.05, 4.69) is 9.97 Å². The molecule has 1 aromatic heterocycles. The summed E-state index contributed by atoms with van der Waals surface area (Å²) in [5.74, 6) is -1.30. The van der Waals surface area contributed by atoms with Gasteiger partial charge in [0.05, 0.1) is 16.7 Å². The number of fused-ring (bicyclic) bond motifs is 1. The number of hydrogen-bond acceptors (Lipinski definition) is 3. The Balaban J connectivity index is 1.88. The van der Waals surface area contributed by atoms with E-state index >= 15 is 0 Å². The third-order valence-corrected chi connectivity index (χ3v) is 4.21. The minimum atomic E-state index is -0.825. The van der Waals surface area contributed by atoms with Gasteiger partial charge in [-0.15, -0.1) is 0 Å². The molecule has 1 heterocycles. The lowest BCUT2D eigenvalue weighted by molar-refractivity contribution is 0.502. The molecule has 21 heavy (non-hydrogen) atoms. The number of hydrogen-bond donors (Lipinski definition) is 0. The highest BCUT2D eigenvalue weighted by atomic mass is 32.2. The summed E-state index contributed by atoms with van der Waals surface area (Å²) >= 11 is 1.36. The number of aryl methyl sites for hydroxylation is 1. The van der Waals surface area contributed by atoms with Crippen molar-refractivity contribution >= 4 is 22.8 Å². The maximum atomic E-state index is 13.6. The zero-order valence-electron chi connectivity index (χ0n) is 11.3. The molecule has 0 aliphatic heterocycles. The van der Waals surface area contributed by atoms with Crippen molar-refractivity contribution in [3.63, 3.8) is 0 Å². The van der Waals surface area contributed by atoms with E-state index in [1.165, 1.54) is 17.8 Å². The lowest BCUT2D eigenvalue weighted by Gasteiger charge is -2.07. The fraction of sp³-hybridized carbons (Fsp3) is 0.125.